The van der Waals surface area contributed by atoms with Crippen LogP contribution in [0.1, 0.15) is 17.3 Å². The minimum Gasteiger partial charge on any atom is -0.489 e. The van der Waals surface area contributed by atoms with E-state index < -0.39 is 10.2 Å². The number of benzene rings is 2. The number of carbonyl (C=O) groups is 1. The van der Waals surface area contributed by atoms with Crippen molar-refractivity contribution in [3.63, 3.8) is 0 Å². The largest absolute Gasteiger partial charge is 0.489 e. The molecule has 1 aliphatic rings. The maximum absolute atomic E-state index is 12.6. The number of Topliss-reactive ketones (excluding diaryl/α,β-unsaturated/α-hetero) is 1. The highest BCUT2D eigenvalue weighted by Gasteiger charge is 2.28. The number of nitrogens with zero attached hydrogens (tertiary/aromatic N) is 1. The summed E-state index contributed by atoms with van der Waals surface area (Å²) in [6.07, 6.45) is 0. The van der Waals surface area contributed by atoms with Crippen molar-refractivity contribution in [2.24, 2.45) is 0 Å². The molecule has 120 valence electrons. The zero-order chi connectivity index (χ0) is 16.4. The number of hydrogen-bond acceptors (Lipinski definition) is 4. The number of para-hydroxylation sites is 2. The third-order valence-electron chi connectivity index (χ3n) is 3.51. The van der Waals surface area contributed by atoms with E-state index in [9.17, 15) is 13.2 Å². The summed E-state index contributed by atoms with van der Waals surface area (Å²) < 4.78 is 34.5. The van der Waals surface area contributed by atoms with E-state index in [2.05, 4.69) is 4.72 Å². The number of nitrogens with one attached hydrogen (secondary N) is 1. The summed E-state index contributed by atoms with van der Waals surface area (Å²) in [5, 5.41) is 0. The Hall–Kier alpha value is -2.54. The van der Waals surface area contributed by atoms with Crippen LogP contribution in [0, 0.1) is 0 Å². The zero-order valence-corrected chi connectivity index (χ0v) is 13.3. The Morgan fingerprint density at radius 1 is 1.13 bits per heavy atom. The molecule has 0 saturated heterocycles. The summed E-state index contributed by atoms with van der Waals surface area (Å²) in [5.41, 5.74) is 1.44. The first-order valence-electron chi connectivity index (χ1n) is 7.11. The molecule has 0 aliphatic carbocycles. The summed E-state index contributed by atoms with van der Waals surface area (Å²) in [5.74, 6) is 0.470. The molecule has 0 amide bonds. The van der Waals surface area contributed by atoms with Crippen LogP contribution in [-0.4, -0.2) is 27.4 Å². The molecule has 2 aromatic rings. The van der Waals surface area contributed by atoms with Crippen molar-refractivity contribution in [1.29, 1.82) is 0 Å². The fraction of sp³-hybridized carbons (Fsp3) is 0.188. The predicted molar refractivity (Wildman–Crippen MR) is 88.3 cm³/mol. The number of anilines is 2. The van der Waals surface area contributed by atoms with E-state index in [0.29, 0.717) is 29.3 Å². The SMILES string of the molecule is CC(=O)c1ccc(NS(=O)(=O)N2CCOc3ccccc32)cc1. The maximum Gasteiger partial charge on any atom is 0.324 e. The molecule has 6 nitrogen and oxygen atoms in total. The van der Waals surface area contributed by atoms with Crippen LogP contribution in [0.5, 0.6) is 5.75 Å². The van der Waals surface area contributed by atoms with Gasteiger partial charge in [0.15, 0.2) is 5.78 Å². The Labute approximate surface area is 134 Å². The molecule has 3 rings (SSSR count). The van der Waals surface area contributed by atoms with Crippen molar-refractivity contribution in [3.05, 3.63) is 54.1 Å². The van der Waals surface area contributed by atoms with Crippen molar-refractivity contribution in [3.8, 4) is 5.75 Å². The summed E-state index contributed by atoms with van der Waals surface area (Å²) in [6.45, 7) is 1.99. The quantitative estimate of drug-likeness (QED) is 0.873. The van der Waals surface area contributed by atoms with E-state index in [1.54, 1.807) is 48.5 Å². The lowest BCUT2D eigenvalue weighted by molar-refractivity contribution is 0.101. The average molecular weight is 332 g/mol. The van der Waals surface area contributed by atoms with Gasteiger partial charge in [-0.1, -0.05) is 12.1 Å². The third kappa shape index (κ3) is 3.14. The van der Waals surface area contributed by atoms with Gasteiger partial charge in [-0.3, -0.25) is 9.52 Å². The van der Waals surface area contributed by atoms with Crippen molar-refractivity contribution < 1.29 is 17.9 Å². The van der Waals surface area contributed by atoms with E-state index in [4.69, 9.17) is 4.74 Å². The number of hydrogen-bond donors (Lipinski definition) is 1. The first kappa shape index (κ1) is 15.4. The second-order valence-corrected chi connectivity index (χ2v) is 6.72. The van der Waals surface area contributed by atoms with Crippen LogP contribution in [0.25, 0.3) is 0 Å². The Balaban J connectivity index is 1.86. The summed E-state index contributed by atoms with van der Waals surface area (Å²) in [4.78, 5) is 11.3. The predicted octanol–water partition coefficient (Wildman–Crippen LogP) is 2.44. The number of ether oxygens (including phenoxy) is 1. The molecule has 0 saturated carbocycles. The molecule has 1 N–H and O–H groups in total. The van der Waals surface area contributed by atoms with Crippen molar-refractivity contribution in [2.45, 2.75) is 6.92 Å². The first-order chi connectivity index (χ1) is 11.0. The fourth-order valence-electron chi connectivity index (χ4n) is 2.37. The molecule has 0 unspecified atom stereocenters. The Morgan fingerprint density at radius 3 is 2.52 bits per heavy atom. The lowest BCUT2D eigenvalue weighted by atomic mass is 10.1. The molecule has 1 aliphatic heterocycles. The molecule has 0 spiro atoms. The van der Waals surface area contributed by atoms with Gasteiger partial charge in [-0.05, 0) is 43.3 Å². The van der Waals surface area contributed by atoms with Gasteiger partial charge in [0.05, 0.1) is 17.9 Å². The van der Waals surface area contributed by atoms with Crippen molar-refractivity contribution in [2.75, 3.05) is 22.2 Å². The average Bonchev–Trinajstić information content (AvgIpc) is 2.54. The first-order valence-corrected chi connectivity index (χ1v) is 8.55. The van der Waals surface area contributed by atoms with Gasteiger partial charge in [0.2, 0.25) is 0 Å². The Morgan fingerprint density at radius 2 is 1.83 bits per heavy atom. The zero-order valence-electron chi connectivity index (χ0n) is 12.5. The van der Waals surface area contributed by atoms with Crippen LogP contribution in [0.2, 0.25) is 0 Å². The molecule has 0 fully saturated rings. The van der Waals surface area contributed by atoms with Crippen LogP contribution in [0.15, 0.2) is 48.5 Å². The van der Waals surface area contributed by atoms with Crippen LogP contribution in [0.3, 0.4) is 0 Å². The Kier molecular flexibility index (Phi) is 3.96. The standard InChI is InChI=1S/C16H16N2O4S/c1-12(19)13-6-8-14(9-7-13)17-23(20,21)18-10-11-22-16-5-3-2-4-15(16)18/h2-9,17H,10-11H2,1H3. The van der Waals surface area contributed by atoms with Gasteiger partial charge in [-0.2, -0.15) is 8.42 Å². The minimum absolute atomic E-state index is 0.0680. The van der Waals surface area contributed by atoms with Gasteiger partial charge < -0.3 is 4.74 Å². The van der Waals surface area contributed by atoms with E-state index in [1.165, 1.54) is 11.2 Å². The molecule has 7 heteroatoms. The molecule has 0 radical (unpaired) electrons. The number of rotatable bonds is 4. The van der Waals surface area contributed by atoms with Crippen LogP contribution in [-0.2, 0) is 10.2 Å². The highest BCUT2D eigenvalue weighted by molar-refractivity contribution is 7.94. The normalized spacial score (nSPS) is 13.9. The maximum atomic E-state index is 12.6. The van der Waals surface area contributed by atoms with Gasteiger partial charge in [-0.25, -0.2) is 4.31 Å². The van der Waals surface area contributed by atoms with Crippen LogP contribution >= 0.6 is 0 Å². The van der Waals surface area contributed by atoms with Crippen LogP contribution in [0.4, 0.5) is 11.4 Å². The molecule has 2 aromatic carbocycles. The van der Waals surface area contributed by atoms with E-state index in [1.807, 2.05) is 0 Å². The van der Waals surface area contributed by atoms with Gasteiger partial charge >= 0.3 is 10.2 Å². The smallest absolute Gasteiger partial charge is 0.324 e. The summed E-state index contributed by atoms with van der Waals surface area (Å²) in [7, 11) is -3.76. The van der Waals surface area contributed by atoms with Crippen molar-refractivity contribution in [1.82, 2.24) is 0 Å². The highest BCUT2D eigenvalue weighted by atomic mass is 32.2. The summed E-state index contributed by atoms with van der Waals surface area (Å²) >= 11 is 0. The van der Waals surface area contributed by atoms with Crippen molar-refractivity contribution >= 4 is 27.4 Å². The third-order valence-corrected chi connectivity index (χ3v) is 4.97. The monoisotopic (exact) mass is 332 g/mol. The molecule has 1 heterocycles. The number of carbonyl (C=O) groups excluding carboxylic acids is 1. The lowest BCUT2D eigenvalue weighted by Gasteiger charge is -2.30. The topological polar surface area (TPSA) is 75.7 Å². The molecule has 0 bridgehead atoms. The second-order valence-electron chi connectivity index (χ2n) is 5.13. The van der Waals surface area contributed by atoms with Gasteiger partial charge in [0.1, 0.15) is 12.4 Å². The van der Waals surface area contributed by atoms with E-state index in [0.717, 1.165) is 0 Å². The minimum atomic E-state index is -3.76. The number of fused-ring (bicyclic) bond motifs is 1. The molecule has 0 aromatic heterocycles. The molecule has 23 heavy (non-hydrogen) atoms. The molecule has 0 atom stereocenters. The van der Waals surface area contributed by atoms with Gasteiger partial charge in [-0.15, -0.1) is 0 Å². The molecular formula is C16H16N2O4S. The fourth-order valence-corrected chi connectivity index (χ4v) is 3.64. The van der Waals surface area contributed by atoms with E-state index in [-0.39, 0.29) is 12.3 Å². The second kappa shape index (κ2) is 5.92. The number of ketones is 1. The van der Waals surface area contributed by atoms with Gasteiger partial charge in [0, 0.05) is 5.56 Å². The van der Waals surface area contributed by atoms with Gasteiger partial charge in [0.25, 0.3) is 0 Å². The lowest BCUT2D eigenvalue weighted by Crippen LogP contribution is -2.41. The highest BCUT2D eigenvalue weighted by Crippen LogP contribution is 2.33. The van der Waals surface area contributed by atoms with Crippen LogP contribution < -0.4 is 13.8 Å². The Bertz CT molecular complexity index is 831. The molecular weight excluding hydrogens is 316 g/mol. The van der Waals surface area contributed by atoms with E-state index >= 15 is 0 Å². The summed E-state index contributed by atoms with van der Waals surface area (Å²) in [6, 6.07) is 13.3.